The fourth-order valence-corrected chi connectivity index (χ4v) is 3.29. The van der Waals surface area contributed by atoms with E-state index < -0.39 is 0 Å². The Labute approximate surface area is 130 Å². The van der Waals surface area contributed by atoms with Crippen LogP contribution in [-0.2, 0) is 6.42 Å². The summed E-state index contributed by atoms with van der Waals surface area (Å²) >= 11 is 0. The second-order valence-electron chi connectivity index (χ2n) is 5.98. The van der Waals surface area contributed by atoms with E-state index in [2.05, 4.69) is 56.0 Å². The molecule has 1 aliphatic heterocycles. The summed E-state index contributed by atoms with van der Waals surface area (Å²) in [4.78, 5) is 0. The van der Waals surface area contributed by atoms with Crippen LogP contribution in [0, 0.1) is 5.92 Å². The van der Waals surface area contributed by atoms with Gasteiger partial charge in [-0.2, -0.15) is 0 Å². The Bertz CT molecular complexity index is 772. The van der Waals surface area contributed by atoms with Gasteiger partial charge in [0.1, 0.15) is 0 Å². The van der Waals surface area contributed by atoms with Crippen molar-refractivity contribution in [1.82, 2.24) is 0 Å². The fraction of sp³-hybridized carbons (Fsp3) is 0.200. The first-order valence-electron chi connectivity index (χ1n) is 7.57. The van der Waals surface area contributed by atoms with Gasteiger partial charge in [-0.05, 0) is 47.7 Å². The predicted molar refractivity (Wildman–Crippen MR) is 88.9 cm³/mol. The number of ether oxygens (including phenoxy) is 2. The Morgan fingerprint density at radius 3 is 2.59 bits per heavy atom. The van der Waals surface area contributed by atoms with Crippen LogP contribution in [0.1, 0.15) is 23.6 Å². The Kier molecular flexibility index (Phi) is 3.04. The molecule has 2 aliphatic rings. The standard InChI is InChI=1S/C20H18O2/c1-13(2)16-9-15-10-19-20(22-12-21-19)11-17(15)18(16)8-14-6-4-3-5-7-14/h3-8,10-11,16H,1,9,12H2,2H3/b18-8-. The van der Waals surface area contributed by atoms with Crippen LogP contribution in [0.25, 0.3) is 11.6 Å². The van der Waals surface area contributed by atoms with Crippen molar-refractivity contribution >= 4 is 11.6 Å². The minimum absolute atomic E-state index is 0.319. The van der Waals surface area contributed by atoms with E-state index in [1.165, 1.54) is 27.8 Å². The van der Waals surface area contributed by atoms with Gasteiger partial charge < -0.3 is 9.47 Å². The quantitative estimate of drug-likeness (QED) is 0.746. The highest BCUT2D eigenvalue weighted by atomic mass is 16.7. The Morgan fingerprint density at radius 2 is 1.86 bits per heavy atom. The monoisotopic (exact) mass is 290 g/mol. The summed E-state index contributed by atoms with van der Waals surface area (Å²) in [5.74, 6) is 2.07. The third kappa shape index (κ3) is 2.12. The Hall–Kier alpha value is -2.48. The van der Waals surface area contributed by atoms with Gasteiger partial charge in [-0.15, -0.1) is 0 Å². The lowest BCUT2D eigenvalue weighted by molar-refractivity contribution is 0.174. The summed E-state index contributed by atoms with van der Waals surface area (Å²) in [6, 6.07) is 14.7. The van der Waals surface area contributed by atoms with Gasteiger partial charge in [-0.25, -0.2) is 0 Å². The molecule has 0 aromatic heterocycles. The largest absolute Gasteiger partial charge is 0.454 e. The van der Waals surface area contributed by atoms with Crippen molar-refractivity contribution in [2.75, 3.05) is 6.79 Å². The molecule has 1 unspecified atom stereocenters. The van der Waals surface area contributed by atoms with Crippen molar-refractivity contribution in [1.29, 1.82) is 0 Å². The molecule has 2 nitrogen and oxygen atoms in total. The average Bonchev–Trinajstić information content (AvgIpc) is 3.10. The molecular weight excluding hydrogens is 272 g/mol. The molecule has 1 aliphatic carbocycles. The molecule has 22 heavy (non-hydrogen) atoms. The van der Waals surface area contributed by atoms with Gasteiger partial charge >= 0.3 is 0 Å². The summed E-state index contributed by atoms with van der Waals surface area (Å²) in [6.07, 6.45) is 3.26. The molecular formula is C20H18O2. The van der Waals surface area contributed by atoms with Crippen LogP contribution in [0.3, 0.4) is 0 Å². The summed E-state index contributed by atoms with van der Waals surface area (Å²) in [5.41, 5.74) is 6.32. The van der Waals surface area contributed by atoms with Gasteiger partial charge in [0.25, 0.3) is 0 Å². The van der Waals surface area contributed by atoms with Crippen molar-refractivity contribution in [2.45, 2.75) is 13.3 Å². The number of benzene rings is 2. The first kappa shape index (κ1) is 13.2. The molecule has 0 amide bonds. The van der Waals surface area contributed by atoms with E-state index in [0.29, 0.717) is 12.7 Å². The number of rotatable bonds is 2. The van der Waals surface area contributed by atoms with Crippen LogP contribution in [0.5, 0.6) is 11.5 Å². The molecule has 0 N–H and O–H groups in total. The Balaban J connectivity index is 1.85. The lowest BCUT2D eigenvalue weighted by Crippen LogP contribution is -1.99. The van der Waals surface area contributed by atoms with Crippen LogP contribution >= 0.6 is 0 Å². The lowest BCUT2D eigenvalue weighted by atomic mass is 9.92. The molecule has 0 saturated carbocycles. The SMILES string of the molecule is C=C(C)C1Cc2cc3c(cc2/C1=C\c1ccccc1)OCO3. The normalized spacial score (nSPS) is 20.2. The van der Waals surface area contributed by atoms with E-state index in [0.717, 1.165) is 17.9 Å². The fourth-order valence-electron chi connectivity index (χ4n) is 3.29. The molecule has 2 aromatic rings. The van der Waals surface area contributed by atoms with Crippen molar-refractivity contribution in [3.63, 3.8) is 0 Å². The van der Waals surface area contributed by atoms with Crippen molar-refractivity contribution < 1.29 is 9.47 Å². The zero-order valence-electron chi connectivity index (χ0n) is 12.6. The van der Waals surface area contributed by atoms with E-state index in [4.69, 9.17) is 9.47 Å². The summed E-state index contributed by atoms with van der Waals surface area (Å²) in [5, 5.41) is 0. The predicted octanol–water partition coefficient (Wildman–Crippen LogP) is 4.70. The van der Waals surface area contributed by atoms with E-state index in [1.807, 2.05) is 6.07 Å². The van der Waals surface area contributed by atoms with Crippen molar-refractivity contribution in [2.24, 2.45) is 5.92 Å². The molecule has 2 aromatic carbocycles. The molecule has 0 spiro atoms. The number of hydrogen-bond donors (Lipinski definition) is 0. The van der Waals surface area contributed by atoms with Gasteiger partial charge in [-0.3, -0.25) is 0 Å². The minimum Gasteiger partial charge on any atom is -0.454 e. The molecule has 0 saturated heterocycles. The van der Waals surface area contributed by atoms with E-state index in [-0.39, 0.29) is 0 Å². The highest BCUT2D eigenvalue weighted by Crippen LogP contribution is 2.46. The maximum Gasteiger partial charge on any atom is 0.231 e. The molecule has 110 valence electrons. The summed E-state index contributed by atoms with van der Waals surface area (Å²) in [6.45, 7) is 6.61. The molecule has 4 rings (SSSR count). The second kappa shape index (κ2) is 5.06. The van der Waals surface area contributed by atoms with Crippen LogP contribution in [0.4, 0.5) is 0 Å². The van der Waals surface area contributed by atoms with Gasteiger partial charge in [0.15, 0.2) is 11.5 Å². The highest BCUT2D eigenvalue weighted by Gasteiger charge is 2.30. The zero-order chi connectivity index (χ0) is 15.1. The van der Waals surface area contributed by atoms with Crippen molar-refractivity contribution in [3.05, 3.63) is 71.3 Å². The molecule has 2 heteroatoms. The average molecular weight is 290 g/mol. The van der Waals surface area contributed by atoms with Crippen LogP contribution in [0.2, 0.25) is 0 Å². The van der Waals surface area contributed by atoms with Crippen LogP contribution < -0.4 is 9.47 Å². The van der Waals surface area contributed by atoms with E-state index in [9.17, 15) is 0 Å². The Morgan fingerprint density at radius 1 is 1.14 bits per heavy atom. The van der Waals surface area contributed by atoms with E-state index in [1.54, 1.807) is 0 Å². The maximum atomic E-state index is 5.55. The van der Waals surface area contributed by atoms with Crippen LogP contribution in [0.15, 0.2) is 54.6 Å². The van der Waals surface area contributed by atoms with Gasteiger partial charge in [0.2, 0.25) is 6.79 Å². The zero-order valence-corrected chi connectivity index (χ0v) is 12.6. The molecule has 1 heterocycles. The number of fused-ring (bicyclic) bond motifs is 2. The molecule has 0 radical (unpaired) electrons. The van der Waals surface area contributed by atoms with Gasteiger partial charge in [0, 0.05) is 5.92 Å². The number of hydrogen-bond acceptors (Lipinski definition) is 2. The molecule has 0 bridgehead atoms. The minimum atomic E-state index is 0.319. The maximum absolute atomic E-state index is 5.55. The smallest absolute Gasteiger partial charge is 0.231 e. The molecule has 0 fully saturated rings. The highest BCUT2D eigenvalue weighted by molar-refractivity contribution is 5.89. The van der Waals surface area contributed by atoms with Crippen molar-refractivity contribution in [3.8, 4) is 11.5 Å². The first-order valence-corrected chi connectivity index (χ1v) is 7.57. The van der Waals surface area contributed by atoms with E-state index >= 15 is 0 Å². The third-order valence-corrected chi connectivity index (χ3v) is 4.43. The second-order valence-corrected chi connectivity index (χ2v) is 5.98. The summed E-state index contributed by atoms with van der Waals surface area (Å²) in [7, 11) is 0. The topological polar surface area (TPSA) is 18.5 Å². The van der Waals surface area contributed by atoms with Gasteiger partial charge in [-0.1, -0.05) is 48.6 Å². The van der Waals surface area contributed by atoms with Crippen LogP contribution in [-0.4, -0.2) is 6.79 Å². The van der Waals surface area contributed by atoms with Gasteiger partial charge in [0.05, 0.1) is 0 Å². The molecule has 1 atom stereocenters. The third-order valence-electron chi connectivity index (χ3n) is 4.43. The lowest BCUT2D eigenvalue weighted by Gasteiger charge is -2.12. The summed E-state index contributed by atoms with van der Waals surface area (Å²) < 4.78 is 11.1. The number of allylic oxidation sites excluding steroid dienone is 2. The first-order chi connectivity index (χ1) is 10.7.